The van der Waals surface area contributed by atoms with E-state index in [9.17, 15) is 5.11 Å². The highest BCUT2D eigenvalue weighted by atomic mass is 16.3. The molecule has 0 fully saturated rings. The molecular weight excluding hydrogens is 518 g/mol. The molecule has 0 radical (unpaired) electrons. The van der Waals surface area contributed by atoms with Gasteiger partial charge in [-0.25, -0.2) is 9.97 Å². The Morgan fingerprint density at radius 2 is 1.36 bits per heavy atom. The molecule has 0 atom stereocenters. The van der Waals surface area contributed by atoms with Crippen molar-refractivity contribution in [3.63, 3.8) is 0 Å². The molecule has 4 aromatic carbocycles. The number of hydrogen-bond acceptors (Lipinski definition) is 4. The van der Waals surface area contributed by atoms with Gasteiger partial charge in [0.1, 0.15) is 28.4 Å². The Labute approximate surface area is 244 Å². The number of aromatic nitrogens is 3. The van der Waals surface area contributed by atoms with E-state index in [1.54, 1.807) is 6.07 Å². The van der Waals surface area contributed by atoms with Crippen molar-refractivity contribution in [1.82, 2.24) is 14.5 Å². The van der Waals surface area contributed by atoms with Crippen molar-refractivity contribution >= 4 is 32.7 Å². The van der Waals surface area contributed by atoms with Crippen LogP contribution in [0.5, 0.6) is 5.75 Å². The summed E-state index contributed by atoms with van der Waals surface area (Å²) in [7, 11) is 1.96. The molecule has 3 heterocycles. The van der Waals surface area contributed by atoms with E-state index in [1.165, 1.54) is 22.1 Å². The van der Waals surface area contributed by atoms with Crippen molar-refractivity contribution in [2.75, 3.05) is 0 Å². The molecule has 8 rings (SSSR count). The van der Waals surface area contributed by atoms with Crippen molar-refractivity contribution in [1.29, 1.82) is 0 Å². The summed E-state index contributed by atoms with van der Waals surface area (Å²) in [6, 6.07) is 28.8. The van der Waals surface area contributed by atoms with Crippen molar-refractivity contribution in [3.8, 4) is 39.8 Å². The number of fused-ring (bicyclic) bond motifs is 8. The molecule has 5 heteroatoms. The standard InChI is InChI=1S/C37H31N3O2/c1-36(2)27-16-10-8-15-24(27)34-32(37(36,3)4)22-13-6-7-14-23(22)33(39-34)28-20-40(5)35(38-28)26-18-25-21-12-9-11-17-30(21)42-31(25)19-29(26)41/h6-20,41H,1-5H3. The molecule has 0 spiro atoms. The number of para-hydroxylation sites is 1. The predicted octanol–water partition coefficient (Wildman–Crippen LogP) is 9.14. The first-order valence-electron chi connectivity index (χ1n) is 14.4. The smallest absolute Gasteiger partial charge is 0.144 e. The summed E-state index contributed by atoms with van der Waals surface area (Å²) >= 11 is 0. The summed E-state index contributed by atoms with van der Waals surface area (Å²) < 4.78 is 7.96. The van der Waals surface area contributed by atoms with Crippen LogP contribution >= 0.6 is 0 Å². The minimum absolute atomic E-state index is 0.0891. The summed E-state index contributed by atoms with van der Waals surface area (Å²) in [6.45, 7) is 9.36. The lowest BCUT2D eigenvalue weighted by atomic mass is 9.55. The van der Waals surface area contributed by atoms with Gasteiger partial charge in [0.2, 0.25) is 0 Å². The van der Waals surface area contributed by atoms with E-state index in [2.05, 4.69) is 76.2 Å². The van der Waals surface area contributed by atoms with E-state index >= 15 is 0 Å². The second kappa shape index (κ2) is 8.32. The van der Waals surface area contributed by atoms with Crippen LogP contribution in [-0.4, -0.2) is 19.6 Å². The zero-order valence-electron chi connectivity index (χ0n) is 24.4. The van der Waals surface area contributed by atoms with Gasteiger partial charge >= 0.3 is 0 Å². The topological polar surface area (TPSA) is 64.1 Å². The molecule has 7 aromatic rings. The molecular formula is C37H31N3O2. The Morgan fingerprint density at radius 1 is 0.667 bits per heavy atom. The Kier molecular flexibility index (Phi) is 4.93. The van der Waals surface area contributed by atoms with Gasteiger partial charge in [-0.2, -0.15) is 0 Å². The third-order valence-corrected chi connectivity index (χ3v) is 9.81. The number of imidazole rings is 1. The maximum absolute atomic E-state index is 11.1. The lowest BCUT2D eigenvalue weighted by Crippen LogP contribution is -2.44. The summed E-state index contributed by atoms with van der Waals surface area (Å²) in [5.74, 6) is 0.795. The molecule has 5 nitrogen and oxygen atoms in total. The van der Waals surface area contributed by atoms with E-state index in [-0.39, 0.29) is 16.6 Å². The Bertz CT molecular complexity index is 2230. The molecule has 42 heavy (non-hydrogen) atoms. The number of furan rings is 1. The van der Waals surface area contributed by atoms with Crippen molar-refractivity contribution in [3.05, 3.63) is 102 Å². The number of benzene rings is 4. The van der Waals surface area contributed by atoms with E-state index < -0.39 is 0 Å². The van der Waals surface area contributed by atoms with E-state index in [1.807, 2.05) is 48.1 Å². The molecule has 0 aliphatic heterocycles. The Balaban J connectivity index is 1.38. The average Bonchev–Trinajstić information content (AvgIpc) is 3.54. The van der Waals surface area contributed by atoms with E-state index in [0.29, 0.717) is 17.0 Å². The normalized spacial score (nSPS) is 15.3. The van der Waals surface area contributed by atoms with Gasteiger partial charge in [0.15, 0.2) is 0 Å². The van der Waals surface area contributed by atoms with Crippen LogP contribution in [0.2, 0.25) is 0 Å². The van der Waals surface area contributed by atoms with Gasteiger partial charge in [-0.3, -0.25) is 0 Å². The fourth-order valence-electron chi connectivity index (χ4n) is 6.94. The molecule has 206 valence electrons. The SMILES string of the molecule is Cn1cc(-c2nc3c(c4ccccc24)C(C)(C)C(C)(C)c2ccccc2-3)nc1-c1cc2c(cc1O)oc1ccccc12. The van der Waals surface area contributed by atoms with Gasteiger partial charge in [-0.1, -0.05) is 94.4 Å². The monoisotopic (exact) mass is 549 g/mol. The van der Waals surface area contributed by atoms with Gasteiger partial charge in [-0.05, 0) is 34.1 Å². The van der Waals surface area contributed by atoms with Gasteiger partial charge < -0.3 is 14.1 Å². The summed E-state index contributed by atoms with van der Waals surface area (Å²) in [4.78, 5) is 10.5. The lowest BCUT2D eigenvalue weighted by Gasteiger charge is -2.48. The van der Waals surface area contributed by atoms with E-state index in [0.717, 1.165) is 38.8 Å². The van der Waals surface area contributed by atoms with Gasteiger partial charge in [0, 0.05) is 46.4 Å². The quantitative estimate of drug-likeness (QED) is 0.234. The molecule has 1 aliphatic carbocycles. The molecule has 3 aromatic heterocycles. The van der Waals surface area contributed by atoms with Crippen LogP contribution in [0.1, 0.15) is 38.8 Å². The van der Waals surface area contributed by atoms with Crippen molar-refractivity contribution in [2.45, 2.75) is 38.5 Å². The van der Waals surface area contributed by atoms with Crippen molar-refractivity contribution in [2.24, 2.45) is 7.05 Å². The van der Waals surface area contributed by atoms with Crippen LogP contribution in [-0.2, 0) is 17.9 Å². The minimum Gasteiger partial charge on any atom is -0.507 e. The molecule has 0 amide bonds. The largest absolute Gasteiger partial charge is 0.507 e. The zero-order chi connectivity index (χ0) is 29.0. The number of nitrogens with zero attached hydrogens (tertiary/aromatic N) is 3. The van der Waals surface area contributed by atoms with Gasteiger partial charge in [0.05, 0.1) is 17.0 Å². The Hall–Kier alpha value is -4.90. The average molecular weight is 550 g/mol. The van der Waals surface area contributed by atoms with Crippen LogP contribution in [0.25, 0.3) is 66.7 Å². The van der Waals surface area contributed by atoms with Crippen molar-refractivity contribution < 1.29 is 9.52 Å². The van der Waals surface area contributed by atoms with Crippen LogP contribution in [0, 0.1) is 0 Å². The lowest BCUT2D eigenvalue weighted by molar-refractivity contribution is 0.300. The molecule has 0 unspecified atom stereocenters. The number of aryl methyl sites for hydroxylation is 1. The zero-order valence-corrected chi connectivity index (χ0v) is 24.4. The molecule has 0 bridgehead atoms. The number of pyridine rings is 1. The summed E-state index contributed by atoms with van der Waals surface area (Å²) in [5, 5.41) is 15.3. The first-order valence-corrected chi connectivity index (χ1v) is 14.4. The number of aromatic hydroxyl groups is 1. The highest BCUT2D eigenvalue weighted by molar-refractivity contribution is 6.07. The maximum Gasteiger partial charge on any atom is 0.144 e. The van der Waals surface area contributed by atoms with Crippen LogP contribution in [0.15, 0.2) is 95.5 Å². The highest BCUT2D eigenvalue weighted by Crippen LogP contribution is 2.55. The fraction of sp³-hybridized carbons (Fsp3) is 0.189. The van der Waals surface area contributed by atoms with Gasteiger partial charge in [-0.15, -0.1) is 0 Å². The number of phenols is 1. The van der Waals surface area contributed by atoms with Gasteiger partial charge in [0.25, 0.3) is 0 Å². The molecule has 0 saturated carbocycles. The molecule has 1 aliphatic rings. The second-order valence-corrected chi connectivity index (χ2v) is 12.5. The van der Waals surface area contributed by atoms with Crippen LogP contribution < -0.4 is 0 Å². The molecule has 0 saturated heterocycles. The summed E-state index contributed by atoms with van der Waals surface area (Å²) in [5.41, 5.74) is 8.23. The van der Waals surface area contributed by atoms with E-state index in [4.69, 9.17) is 14.4 Å². The van der Waals surface area contributed by atoms with Crippen LogP contribution in [0.4, 0.5) is 0 Å². The predicted molar refractivity (Wildman–Crippen MR) is 170 cm³/mol. The number of hydrogen-bond donors (Lipinski definition) is 1. The fourth-order valence-corrected chi connectivity index (χ4v) is 6.94. The Morgan fingerprint density at radius 3 is 2.17 bits per heavy atom. The van der Waals surface area contributed by atoms with Crippen LogP contribution in [0.3, 0.4) is 0 Å². The summed E-state index contributed by atoms with van der Waals surface area (Å²) in [6.07, 6.45) is 2.01. The molecule has 1 N–H and O–H groups in total. The number of rotatable bonds is 2. The third-order valence-electron chi connectivity index (χ3n) is 9.81. The highest BCUT2D eigenvalue weighted by Gasteiger charge is 2.47. The minimum atomic E-state index is -0.161. The number of phenolic OH excluding ortho intramolecular Hbond substituents is 1. The third kappa shape index (κ3) is 3.19. The maximum atomic E-state index is 11.1. The second-order valence-electron chi connectivity index (χ2n) is 12.5. The first-order chi connectivity index (χ1) is 20.2. The first kappa shape index (κ1) is 24.9.